The minimum Gasteiger partial charge on any atom is -0.456 e. The van der Waals surface area contributed by atoms with E-state index in [9.17, 15) is 47.5 Å². The van der Waals surface area contributed by atoms with E-state index in [1.807, 2.05) is 117 Å². The van der Waals surface area contributed by atoms with Crippen molar-refractivity contribution in [1.82, 2.24) is 53.7 Å². The van der Waals surface area contributed by atoms with Gasteiger partial charge in [0.25, 0.3) is 17.0 Å². The van der Waals surface area contributed by atoms with Crippen molar-refractivity contribution < 1.29 is 75.2 Å². The highest BCUT2D eigenvalue weighted by atomic mass is 127. The molecule has 30 nitrogen and oxygen atoms in total. The second-order valence-corrected chi connectivity index (χ2v) is 42.3. The lowest BCUT2D eigenvalue weighted by Gasteiger charge is -2.34. The van der Waals surface area contributed by atoms with Crippen LogP contribution in [0.25, 0.3) is 43.9 Å². The number of piperidine rings is 3. The molecular formula is C99H118Cl3F3IN15O15. The molecule has 5 aromatic heterocycles. The van der Waals surface area contributed by atoms with Gasteiger partial charge in [-0.05, 0) is 263 Å². The number of amides is 4. The van der Waals surface area contributed by atoms with Crippen LogP contribution in [0.5, 0.6) is 0 Å². The van der Waals surface area contributed by atoms with Crippen molar-refractivity contribution >= 4 is 167 Å². The SMILES string of the molecule is CN(C(=O)c1c(I)nc(N2CCC[C@@H](NC(=O)OC(C)(C)C)C2)n1Cc1ccccc1Cl)c1ccc(F)c(C(=O)OC(C)(C)C)c1.Cn1c(=O)c2c(nc(N3CCC[C@@H](NC(=O)OC(C)(C)C)C3)n2Cc2ccccc2Cl)c2c(C(=O)OC(C)(C)C)c(F)ccc21.Cn1c(=O)c2c(nc(N3CCC[C@@H](NC(=O)OC(C)(C)C)C3)n2Cc2ccccc2Cl)c2cc(F)c(C(=O)OC(C)(C)C)cc21. The van der Waals surface area contributed by atoms with Crippen LogP contribution in [0.1, 0.15) is 221 Å². The number of imidazole rings is 3. The lowest BCUT2D eigenvalue weighted by Crippen LogP contribution is -2.49. The van der Waals surface area contributed by atoms with Crippen LogP contribution in [0.2, 0.25) is 15.1 Å². The number of esters is 3. The fourth-order valence-electron chi connectivity index (χ4n) is 16.3. The Bertz CT molecular complexity index is 6530. The number of anilines is 4. The summed E-state index contributed by atoms with van der Waals surface area (Å²) in [7, 11) is 4.71. The highest BCUT2D eigenvalue weighted by molar-refractivity contribution is 14.1. The van der Waals surface area contributed by atoms with Crippen molar-refractivity contribution in [2.75, 3.05) is 65.9 Å². The minimum absolute atomic E-state index is 0.178. The fraction of sp³-hybridized carbons (Fsp3) is 0.455. The summed E-state index contributed by atoms with van der Waals surface area (Å²) in [5, 5.41) is 11.0. The molecule has 3 aliphatic rings. The lowest BCUT2D eigenvalue weighted by molar-refractivity contribution is 0.00519. The Morgan fingerprint density at radius 1 is 0.441 bits per heavy atom. The van der Waals surface area contributed by atoms with Crippen molar-refractivity contribution in [2.45, 2.75) is 235 Å². The first-order valence-electron chi connectivity index (χ1n) is 44.9. The maximum absolute atomic E-state index is 15.6. The number of fused-ring (bicyclic) bond motifs is 6. The largest absolute Gasteiger partial charge is 0.456 e. The number of benzene rings is 6. The summed E-state index contributed by atoms with van der Waals surface area (Å²) in [4.78, 5) is 141. The van der Waals surface area contributed by atoms with E-state index in [4.69, 9.17) is 78.2 Å². The van der Waals surface area contributed by atoms with Crippen molar-refractivity contribution in [3.63, 3.8) is 0 Å². The van der Waals surface area contributed by atoms with Crippen LogP contribution in [-0.4, -0.2) is 178 Å². The Hall–Kier alpha value is -11.6. The molecule has 8 heterocycles. The van der Waals surface area contributed by atoms with Gasteiger partial charge in [0.2, 0.25) is 17.8 Å². The molecule has 3 atom stereocenters. The average molecular weight is 2050 g/mol. The van der Waals surface area contributed by atoms with E-state index in [1.165, 1.54) is 44.4 Å². The van der Waals surface area contributed by atoms with Crippen LogP contribution in [0, 0.1) is 21.2 Å². The summed E-state index contributed by atoms with van der Waals surface area (Å²) in [6.45, 7) is 35.3. The zero-order valence-electron chi connectivity index (χ0n) is 80.4. The van der Waals surface area contributed by atoms with Gasteiger partial charge >= 0.3 is 36.2 Å². The molecule has 3 N–H and O–H groups in total. The first-order valence-corrected chi connectivity index (χ1v) is 47.1. The second-order valence-electron chi connectivity index (χ2n) is 40.0. The predicted octanol–water partition coefficient (Wildman–Crippen LogP) is 19.4. The molecule has 728 valence electrons. The number of rotatable bonds is 17. The van der Waals surface area contributed by atoms with Crippen LogP contribution in [0.4, 0.5) is 51.1 Å². The molecular weight excluding hydrogens is 1930 g/mol. The first kappa shape index (κ1) is 103. The van der Waals surface area contributed by atoms with Gasteiger partial charge in [-0.2, -0.15) is 0 Å². The Balaban J connectivity index is 0.000000183. The number of halogens is 7. The third kappa shape index (κ3) is 25.2. The number of aryl methyl sites for hydroxylation is 2. The van der Waals surface area contributed by atoms with Gasteiger partial charge in [0.1, 0.15) is 88.1 Å². The van der Waals surface area contributed by atoms with E-state index in [0.717, 1.165) is 67.3 Å². The summed E-state index contributed by atoms with van der Waals surface area (Å²) in [5.74, 6) is -3.76. The zero-order chi connectivity index (χ0) is 99.7. The molecule has 0 radical (unpaired) electrons. The number of carbonyl (C=O) groups is 7. The molecule has 14 rings (SSSR count). The molecule has 3 aliphatic heterocycles. The predicted molar refractivity (Wildman–Crippen MR) is 530 cm³/mol. The Labute approximate surface area is 816 Å². The summed E-state index contributed by atoms with van der Waals surface area (Å²) in [6, 6.07) is 30.4. The highest BCUT2D eigenvalue weighted by Gasteiger charge is 2.38. The van der Waals surface area contributed by atoms with E-state index in [-0.39, 0.29) is 87.5 Å². The number of nitrogens with one attached hydrogen (secondary N) is 3. The van der Waals surface area contributed by atoms with E-state index < -0.39 is 93.2 Å². The maximum Gasteiger partial charge on any atom is 0.407 e. The third-order valence-electron chi connectivity index (χ3n) is 22.1. The quantitative estimate of drug-likeness (QED) is 0.0433. The zero-order valence-corrected chi connectivity index (χ0v) is 84.9. The van der Waals surface area contributed by atoms with E-state index >= 15 is 8.78 Å². The van der Waals surface area contributed by atoms with Crippen molar-refractivity contribution in [3.05, 3.63) is 211 Å². The molecule has 11 aromatic rings. The monoisotopic (exact) mass is 2050 g/mol. The van der Waals surface area contributed by atoms with Crippen LogP contribution < -0.4 is 46.7 Å². The second kappa shape index (κ2) is 41.3. The number of hydrogen-bond acceptors (Lipinski definition) is 21. The van der Waals surface area contributed by atoms with Gasteiger partial charge in [-0.15, -0.1) is 0 Å². The summed E-state index contributed by atoms with van der Waals surface area (Å²) in [6.07, 6.45) is 2.97. The average Bonchev–Trinajstić information content (AvgIpc) is 1.56. The summed E-state index contributed by atoms with van der Waals surface area (Å²) < 4.78 is 87.2. The van der Waals surface area contributed by atoms with Crippen LogP contribution in [0.15, 0.2) is 125 Å². The Kier molecular flexibility index (Phi) is 31.4. The van der Waals surface area contributed by atoms with Crippen LogP contribution >= 0.6 is 57.4 Å². The number of alkyl carbamates (subject to hydrolysis) is 3. The molecule has 0 spiro atoms. The molecule has 0 saturated carbocycles. The molecule has 6 aromatic carbocycles. The Morgan fingerprint density at radius 2 is 0.801 bits per heavy atom. The van der Waals surface area contributed by atoms with Gasteiger partial charge in [0, 0.05) is 110 Å². The molecule has 3 saturated heterocycles. The number of aromatic nitrogens is 8. The smallest absolute Gasteiger partial charge is 0.407 e. The van der Waals surface area contributed by atoms with Crippen molar-refractivity contribution in [3.8, 4) is 0 Å². The van der Waals surface area contributed by atoms with Gasteiger partial charge in [0.15, 0.2) is 0 Å². The summed E-state index contributed by atoms with van der Waals surface area (Å²) in [5.41, 5.74) is -1.51. The van der Waals surface area contributed by atoms with Crippen LogP contribution in [0.3, 0.4) is 0 Å². The van der Waals surface area contributed by atoms with Crippen molar-refractivity contribution in [1.29, 1.82) is 0 Å². The standard InChI is InChI=1S/C33H40ClFIN5O5.2C33H39ClFN5O5/c1-32(2,3)45-29(43)23-17-22(14-15-25(23)35)39(7)28(42)26-27(36)38-30(41(26)18-20-11-8-9-13-24(20)34)40-16-10-12-21(19-40)37-31(44)46-33(4,5)6;1-32(2,3)44-29(42)24-22(35)14-15-23-25(24)26-27(28(41)38(23)7)40(17-19-11-8-9-13-21(19)34)30(37-26)39-16-10-12-20(18-39)36-31(43)45-33(4,5)6;1-32(2,3)44-29(42)21-16-25-22(15-24(21)35)26-27(28(41)38(25)7)40(17-19-11-8-9-13-23(19)34)30(37-26)39-14-10-12-20(18-39)36-31(43)45-33(4,5)6/h8-9,11,13-15,17,21H,10,12,16,18-19H2,1-7H3,(H,37,44);8-9,11,13-15,20H,10,12,16-18H2,1-7H3,(H,36,43);8-9,11,13,15-16,20H,10,12,14,17-18H2,1-7H3,(H,36,43)/t21-;2*20-/m111/s1. The fourth-order valence-corrected chi connectivity index (χ4v) is 17.6. The number of carbonyl (C=O) groups excluding carboxylic acids is 7. The third-order valence-corrected chi connectivity index (χ3v) is 23.9. The highest BCUT2D eigenvalue weighted by Crippen LogP contribution is 2.39. The van der Waals surface area contributed by atoms with Crippen molar-refractivity contribution in [2.24, 2.45) is 14.1 Å². The maximum atomic E-state index is 15.6. The lowest BCUT2D eigenvalue weighted by atomic mass is 10.1. The number of ether oxygens (including phenoxy) is 6. The normalized spacial score (nSPS) is 15.7. The molecule has 37 heteroatoms. The summed E-state index contributed by atoms with van der Waals surface area (Å²) >= 11 is 21.7. The van der Waals surface area contributed by atoms with E-state index in [1.54, 1.807) is 152 Å². The number of pyridine rings is 2. The van der Waals surface area contributed by atoms with Gasteiger partial charge in [0.05, 0.1) is 41.8 Å². The van der Waals surface area contributed by atoms with Gasteiger partial charge in [-0.25, -0.2) is 56.9 Å². The molecule has 0 aliphatic carbocycles. The van der Waals surface area contributed by atoms with Gasteiger partial charge in [-0.3, -0.25) is 14.4 Å². The van der Waals surface area contributed by atoms with Gasteiger partial charge < -0.3 is 86.8 Å². The topological polar surface area (TPSA) is 321 Å². The van der Waals surface area contributed by atoms with E-state index in [0.29, 0.717) is 109 Å². The van der Waals surface area contributed by atoms with Crippen LogP contribution in [-0.2, 0) is 62.2 Å². The molecule has 0 bridgehead atoms. The van der Waals surface area contributed by atoms with E-state index in [2.05, 4.69) is 16.0 Å². The van der Waals surface area contributed by atoms with Gasteiger partial charge in [-0.1, -0.05) is 89.4 Å². The number of hydrogen-bond donors (Lipinski definition) is 3. The number of nitrogens with zero attached hydrogens (tertiary/aromatic N) is 12. The molecule has 3 fully saturated rings. The first-order chi connectivity index (χ1) is 63.5. The molecule has 0 unspecified atom stereocenters. The molecule has 4 amide bonds. The minimum atomic E-state index is -0.885. The Morgan fingerprint density at radius 3 is 1.21 bits per heavy atom. The molecule has 136 heavy (non-hydrogen) atoms.